The van der Waals surface area contributed by atoms with Crippen LogP contribution in [0.3, 0.4) is 0 Å². The SMILES string of the molecule is O=C(O)c1csc(CNC(=O)N2CCC(CO)CC2)n1. The number of aliphatic hydroxyl groups is 1. The molecule has 1 aliphatic rings. The Labute approximate surface area is 120 Å². The van der Waals surface area contributed by atoms with Crippen molar-refractivity contribution < 1.29 is 19.8 Å². The van der Waals surface area contributed by atoms with E-state index in [2.05, 4.69) is 10.3 Å². The summed E-state index contributed by atoms with van der Waals surface area (Å²) in [6.07, 6.45) is 1.62. The summed E-state index contributed by atoms with van der Waals surface area (Å²) in [7, 11) is 0. The van der Waals surface area contributed by atoms with Gasteiger partial charge in [0.1, 0.15) is 5.01 Å². The number of carbonyl (C=O) groups excluding carboxylic acids is 1. The fourth-order valence-electron chi connectivity index (χ4n) is 2.07. The normalized spacial score (nSPS) is 16.1. The number of thiazole rings is 1. The monoisotopic (exact) mass is 299 g/mol. The van der Waals surface area contributed by atoms with Crippen molar-refractivity contribution in [3.63, 3.8) is 0 Å². The average Bonchev–Trinajstić information content (AvgIpc) is 2.94. The van der Waals surface area contributed by atoms with E-state index in [0.717, 1.165) is 12.8 Å². The number of carboxylic acid groups (broad SMARTS) is 1. The average molecular weight is 299 g/mol. The number of aliphatic hydroxyl groups excluding tert-OH is 1. The minimum atomic E-state index is -1.06. The Kier molecular flexibility index (Phi) is 4.91. The standard InChI is InChI=1S/C12H17N3O4S/c16-6-8-1-3-15(4-2-8)12(19)13-5-10-14-9(7-20-10)11(17)18/h7-8,16H,1-6H2,(H,13,19)(H,17,18). The van der Waals surface area contributed by atoms with E-state index in [-0.39, 0.29) is 30.8 Å². The maximum atomic E-state index is 11.9. The van der Waals surface area contributed by atoms with Crippen LogP contribution in [-0.2, 0) is 6.54 Å². The van der Waals surface area contributed by atoms with Gasteiger partial charge in [-0.3, -0.25) is 0 Å². The van der Waals surface area contributed by atoms with Crippen LogP contribution in [0.15, 0.2) is 5.38 Å². The van der Waals surface area contributed by atoms with Gasteiger partial charge < -0.3 is 20.4 Å². The Morgan fingerprint density at radius 1 is 1.45 bits per heavy atom. The second-order valence-electron chi connectivity index (χ2n) is 4.70. The quantitative estimate of drug-likeness (QED) is 0.761. The van der Waals surface area contributed by atoms with Crippen LogP contribution in [0, 0.1) is 5.92 Å². The van der Waals surface area contributed by atoms with Crippen molar-refractivity contribution >= 4 is 23.3 Å². The molecule has 3 N–H and O–H groups in total. The van der Waals surface area contributed by atoms with Gasteiger partial charge in [0.05, 0.1) is 6.54 Å². The number of piperidine rings is 1. The molecule has 0 spiro atoms. The summed E-state index contributed by atoms with van der Waals surface area (Å²) in [6, 6.07) is -0.173. The van der Waals surface area contributed by atoms with E-state index in [1.54, 1.807) is 4.90 Å². The van der Waals surface area contributed by atoms with Crippen molar-refractivity contribution in [2.45, 2.75) is 19.4 Å². The number of nitrogens with one attached hydrogen (secondary N) is 1. The Bertz CT molecular complexity index is 483. The van der Waals surface area contributed by atoms with Crippen LogP contribution < -0.4 is 5.32 Å². The lowest BCUT2D eigenvalue weighted by Crippen LogP contribution is -2.44. The molecule has 2 rings (SSSR count). The van der Waals surface area contributed by atoms with Crippen LogP contribution in [0.2, 0.25) is 0 Å². The zero-order chi connectivity index (χ0) is 14.5. The van der Waals surface area contributed by atoms with E-state index < -0.39 is 5.97 Å². The molecular formula is C12H17N3O4S. The van der Waals surface area contributed by atoms with Crippen molar-refractivity contribution in [3.8, 4) is 0 Å². The number of urea groups is 1. The summed E-state index contributed by atoms with van der Waals surface area (Å²) in [4.78, 5) is 28.2. The lowest BCUT2D eigenvalue weighted by Gasteiger charge is -2.31. The number of hydrogen-bond donors (Lipinski definition) is 3. The highest BCUT2D eigenvalue weighted by molar-refractivity contribution is 7.09. The number of aromatic nitrogens is 1. The molecule has 0 aliphatic carbocycles. The number of nitrogens with zero attached hydrogens (tertiary/aromatic N) is 2. The molecule has 1 aromatic rings. The number of rotatable bonds is 4. The van der Waals surface area contributed by atoms with Gasteiger partial charge >= 0.3 is 12.0 Å². The summed E-state index contributed by atoms with van der Waals surface area (Å²) < 4.78 is 0. The van der Waals surface area contributed by atoms with E-state index in [0.29, 0.717) is 18.1 Å². The second-order valence-corrected chi connectivity index (χ2v) is 5.65. The molecule has 1 aromatic heterocycles. The van der Waals surface area contributed by atoms with Crippen molar-refractivity contribution in [1.29, 1.82) is 0 Å². The summed E-state index contributed by atoms with van der Waals surface area (Å²) in [6.45, 7) is 1.67. The number of aromatic carboxylic acids is 1. The molecule has 2 heterocycles. The number of carboxylic acids is 1. The Balaban J connectivity index is 1.78. The third-order valence-electron chi connectivity index (χ3n) is 3.32. The molecular weight excluding hydrogens is 282 g/mol. The van der Waals surface area contributed by atoms with E-state index >= 15 is 0 Å². The van der Waals surface area contributed by atoms with Crippen LogP contribution >= 0.6 is 11.3 Å². The zero-order valence-corrected chi connectivity index (χ0v) is 11.7. The molecule has 1 saturated heterocycles. The molecule has 20 heavy (non-hydrogen) atoms. The Hall–Kier alpha value is -1.67. The summed E-state index contributed by atoms with van der Waals surface area (Å²) >= 11 is 1.21. The molecule has 1 aliphatic heterocycles. The van der Waals surface area contributed by atoms with Crippen molar-refractivity contribution in [3.05, 3.63) is 16.1 Å². The third-order valence-corrected chi connectivity index (χ3v) is 4.17. The smallest absolute Gasteiger partial charge is 0.355 e. The molecule has 0 unspecified atom stereocenters. The molecule has 0 radical (unpaired) electrons. The highest BCUT2D eigenvalue weighted by atomic mass is 32.1. The van der Waals surface area contributed by atoms with Crippen LogP contribution in [0.5, 0.6) is 0 Å². The Morgan fingerprint density at radius 3 is 2.70 bits per heavy atom. The maximum absolute atomic E-state index is 11.9. The summed E-state index contributed by atoms with van der Waals surface area (Å²) in [5.41, 5.74) is 0.00279. The fraction of sp³-hybridized carbons (Fsp3) is 0.583. The first-order valence-electron chi connectivity index (χ1n) is 6.41. The van der Waals surface area contributed by atoms with Gasteiger partial charge in [0, 0.05) is 25.1 Å². The van der Waals surface area contributed by atoms with Gasteiger partial charge in [-0.25, -0.2) is 14.6 Å². The van der Waals surface area contributed by atoms with E-state index in [1.165, 1.54) is 16.7 Å². The largest absolute Gasteiger partial charge is 0.476 e. The molecule has 1 fully saturated rings. The number of amides is 2. The molecule has 0 bridgehead atoms. The third kappa shape index (κ3) is 3.67. The predicted octanol–water partition coefficient (Wildman–Crippen LogP) is 0.755. The van der Waals surface area contributed by atoms with Crippen LogP contribution in [0.1, 0.15) is 28.3 Å². The van der Waals surface area contributed by atoms with Crippen LogP contribution in [0.4, 0.5) is 4.79 Å². The lowest BCUT2D eigenvalue weighted by atomic mass is 9.98. The predicted molar refractivity (Wildman–Crippen MR) is 72.7 cm³/mol. The number of hydrogen-bond acceptors (Lipinski definition) is 5. The topological polar surface area (TPSA) is 103 Å². The van der Waals surface area contributed by atoms with Crippen molar-refractivity contribution in [2.24, 2.45) is 5.92 Å². The molecule has 7 nitrogen and oxygen atoms in total. The van der Waals surface area contributed by atoms with Crippen LogP contribution in [0.25, 0.3) is 0 Å². The molecule has 2 amide bonds. The van der Waals surface area contributed by atoms with E-state index in [4.69, 9.17) is 10.2 Å². The molecule has 0 aromatic carbocycles. The summed E-state index contributed by atoms with van der Waals surface area (Å²) in [5.74, 6) is -0.777. The maximum Gasteiger partial charge on any atom is 0.355 e. The van der Waals surface area contributed by atoms with Gasteiger partial charge in [0.2, 0.25) is 0 Å². The summed E-state index contributed by atoms with van der Waals surface area (Å²) in [5, 5.41) is 22.6. The highest BCUT2D eigenvalue weighted by Crippen LogP contribution is 2.16. The number of likely N-dealkylation sites (tertiary alicyclic amines) is 1. The molecule has 110 valence electrons. The Morgan fingerprint density at radius 2 is 2.15 bits per heavy atom. The van der Waals surface area contributed by atoms with Gasteiger partial charge in [-0.15, -0.1) is 11.3 Å². The first kappa shape index (κ1) is 14.7. The fourth-order valence-corrected chi connectivity index (χ4v) is 2.78. The van der Waals surface area contributed by atoms with Crippen LogP contribution in [-0.4, -0.2) is 51.8 Å². The molecule has 0 atom stereocenters. The first-order chi connectivity index (χ1) is 9.60. The molecule has 8 heteroatoms. The number of carbonyl (C=O) groups is 2. The molecule has 0 saturated carbocycles. The minimum absolute atomic E-state index is 0.00279. The van der Waals surface area contributed by atoms with E-state index in [9.17, 15) is 9.59 Å². The van der Waals surface area contributed by atoms with Gasteiger partial charge in [-0.1, -0.05) is 0 Å². The minimum Gasteiger partial charge on any atom is -0.476 e. The lowest BCUT2D eigenvalue weighted by molar-refractivity contribution is 0.0691. The van der Waals surface area contributed by atoms with E-state index in [1.807, 2.05) is 0 Å². The van der Waals surface area contributed by atoms with Gasteiger partial charge in [0.25, 0.3) is 0 Å². The first-order valence-corrected chi connectivity index (χ1v) is 7.29. The highest BCUT2D eigenvalue weighted by Gasteiger charge is 2.22. The van der Waals surface area contributed by atoms with Gasteiger partial charge in [-0.2, -0.15) is 0 Å². The zero-order valence-electron chi connectivity index (χ0n) is 10.9. The van der Waals surface area contributed by atoms with Gasteiger partial charge in [0.15, 0.2) is 5.69 Å². The van der Waals surface area contributed by atoms with Crippen molar-refractivity contribution in [2.75, 3.05) is 19.7 Å². The second kappa shape index (κ2) is 6.67. The van der Waals surface area contributed by atoms with Gasteiger partial charge in [-0.05, 0) is 18.8 Å². The van der Waals surface area contributed by atoms with Crippen molar-refractivity contribution in [1.82, 2.24) is 15.2 Å².